The van der Waals surface area contributed by atoms with Gasteiger partial charge in [0.1, 0.15) is 23.3 Å². The molecule has 0 aromatic carbocycles. The highest BCUT2D eigenvalue weighted by Crippen LogP contribution is 2.36. The summed E-state index contributed by atoms with van der Waals surface area (Å²) >= 11 is 0. The van der Waals surface area contributed by atoms with Crippen molar-refractivity contribution in [1.82, 2.24) is 15.2 Å². The van der Waals surface area contributed by atoms with Crippen molar-refractivity contribution in [1.29, 1.82) is 0 Å². The van der Waals surface area contributed by atoms with E-state index in [9.17, 15) is 13.2 Å². The SMILES string of the molecule is CC(C)(C)OC(=O)N1CCC(C2Cc3cc(N4CCC(NCS(C)(=O)=O)CC4)ncc3O2)CC1. The quantitative estimate of drug-likeness (QED) is 0.667. The van der Waals surface area contributed by atoms with Gasteiger partial charge in [0.2, 0.25) is 0 Å². The Balaban J connectivity index is 1.27. The molecule has 0 radical (unpaired) electrons. The van der Waals surface area contributed by atoms with Gasteiger partial charge in [-0.15, -0.1) is 0 Å². The average Bonchev–Trinajstić information content (AvgIpc) is 3.20. The van der Waals surface area contributed by atoms with Crippen LogP contribution in [0.4, 0.5) is 10.6 Å². The van der Waals surface area contributed by atoms with Crippen molar-refractivity contribution in [3.05, 3.63) is 17.8 Å². The molecule has 10 heteroatoms. The lowest BCUT2D eigenvalue weighted by atomic mass is 9.89. The van der Waals surface area contributed by atoms with Crippen molar-refractivity contribution in [2.75, 3.05) is 43.2 Å². The van der Waals surface area contributed by atoms with Gasteiger partial charge < -0.3 is 24.6 Å². The third kappa shape index (κ3) is 6.53. The number of aromatic nitrogens is 1. The average molecular weight is 495 g/mol. The van der Waals surface area contributed by atoms with Crippen LogP contribution in [0.15, 0.2) is 12.3 Å². The highest BCUT2D eigenvalue weighted by molar-refractivity contribution is 7.90. The molecule has 1 aromatic rings. The molecule has 9 nitrogen and oxygen atoms in total. The maximum Gasteiger partial charge on any atom is 0.410 e. The monoisotopic (exact) mass is 494 g/mol. The molecular weight excluding hydrogens is 456 g/mol. The lowest BCUT2D eigenvalue weighted by Gasteiger charge is -2.35. The van der Waals surface area contributed by atoms with E-state index >= 15 is 0 Å². The van der Waals surface area contributed by atoms with Gasteiger partial charge in [0.05, 0.1) is 12.1 Å². The molecule has 3 aliphatic rings. The Morgan fingerprint density at radius 2 is 1.85 bits per heavy atom. The van der Waals surface area contributed by atoms with Crippen LogP contribution in [0.1, 0.15) is 52.0 Å². The van der Waals surface area contributed by atoms with Crippen molar-refractivity contribution >= 4 is 21.7 Å². The largest absolute Gasteiger partial charge is 0.488 e. The van der Waals surface area contributed by atoms with Crippen LogP contribution in [0.2, 0.25) is 0 Å². The van der Waals surface area contributed by atoms with Gasteiger partial charge in [0, 0.05) is 50.5 Å². The first-order chi connectivity index (χ1) is 16.0. The molecule has 0 bridgehead atoms. The topological polar surface area (TPSA) is 101 Å². The summed E-state index contributed by atoms with van der Waals surface area (Å²) in [5.74, 6) is 2.27. The predicted octanol–water partition coefficient (Wildman–Crippen LogP) is 2.59. The Hall–Kier alpha value is -2.07. The van der Waals surface area contributed by atoms with E-state index in [-0.39, 0.29) is 24.1 Å². The summed E-state index contributed by atoms with van der Waals surface area (Å²) in [5, 5.41) is 3.15. The molecule has 0 aliphatic carbocycles. The van der Waals surface area contributed by atoms with Crippen LogP contribution in [-0.4, -0.2) is 80.5 Å². The summed E-state index contributed by atoms with van der Waals surface area (Å²) in [4.78, 5) is 21.1. The number of fused-ring (bicyclic) bond motifs is 1. The zero-order chi connectivity index (χ0) is 24.5. The summed E-state index contributed by atoms with van der Waals surface area (Å²) in [6, 6.07) is 2.37. The minimum absolute atomic E-state index is 0.0319. The minimum atomic E-state index is -3.00. The standard InChI is InChI=1S/C24H38N4O5S/c1-24(2,3)33-23(29)28-9-5-17(6-10-28)20-13-18-14-22(25-15-21(18)32-20)27-11-7-19(8-12-27)26-16-34(4,30)31/h14-15,17,19-20,26H,5-13,16H2,1-4H3. The second-order valence-corrected chi connectivity index (χ2v) is 13.0. The number of carbonyl (C=O) groups is 1. The molecular formula is C24H38N4O5S. The van der Waals surface area contributed by atoms with Crippen molar-refractivity contribution in [2.24, 2.45) is 5.92 Å². The molecule has 3 aliphatic heterocycles. The second kappa shape index (κ2) is 9.89. The third-order valence-corrected chi connectivity index (χ3v) is 7.49. The third-order valence-electron chi connectivity index (χ3n) is 6.80. The molecule has 2 fully saturated rings. The number of piperidine rings is 2. The van der Waals surface area contributed by atoms with Gasteiger partial charge in [-0.25, -0.2) is 18.2 Å². The molecule has 1 aromatic heterocycles. The Morgan fingerprint density at radius 1 is 1.18 bits per heavy atom. The smallest absolute Gasteiger partial charge is 0.410 e. The molecule has 1 amide bonds. The van der Waals surface area contributed by atoms with Crippen molar-refractivity contribution in [3.8, 4) is 5.75 Å². The fourth-order valence-electron chi connectivity index (χ4n) is 4.96. The lowest BCUT2D eigenvalue weighted by Crippen LogP contribution is -2.44. The van der Waals surface area contributed by atoms with Crippen LogP contribution in [-0.2, 0) is 21.0 Å². The summed E-state index contributed by atoms with van der Waals surface area (Å²) in [5.41, 5.74) is 0.721. The van der Waals surface area contributed by atoms with E-state index in [0.717, 1.165) is 56.8 Å². The van der Waals surface area contributed by atoms with E-state index in [1.54, 1.807) is 4.90 Å². The minimum Gasteiger partial charge on any atom is -0.488 e. The molecule has 190 valence electrons. The maximum atomic E-state index is 12.3. The van der Waals surface area contributed by atoms with Crippen molar-refractivity contribution in [3.63, 3.8) is 0 Å². The van der Waals surface area contributed by atoms with Gasteiger partial charge in [-0.05, 0) is 58.4 Å². The zero-order valence-corrected chi connectivity index (χ0v) is 21.6. The predicted molar refractivity (Wildman–Crippen MR) is 131 cm³/mol. The fraction of sp³-hybridized carbons (Fsp3) is 0.750. The van der Waals surface area contributed by atoms with E-state index in [1.165, 1.54) is 11.8 Å². The zero-order valence-electron chi connectivity index (χ0n) is 20.7. The van der Waals surface area contributed by atoms with Gasteiger partial charge in [-0.3, -0.25) is 0 Å². The molecule has 4 rings (SSSR count). The number of ether oxygens (including phenoxy) is 2. The highest BCUT2D eigenvalue weighted by Gasteiger charge is 2.35. The van der Waals surface area contributed by atoms with Gasteiger partial charge >= 0.3 is 6.09 Å². The van der Waals surface area contributed by atoms with Gasteiger partial charge in [0.25, 0.3) is 0 Å². The molecule has 4 heterocycles. The fourth-order valence-corrected chi connectivity index (χ4v) is 5.50. The first-order valence-electron chi connectivity index (χ1n) is 12.3. The second-order valence-electron chi connectivity index (χ2n) is 10.9. The summed E-state index contributed by atoms with van der Waals surface area (Å²) < 4.78 is 34.5. The van der Waals surface area contributed by atoms with Crippen LogP contribution in [0.3, 0.4) is 0 Å². The van der Waals surface area contributed by atoms with Crippen molar-refractivity contribution in [2.45, 2.75) is 70.6 Å². The van der Waals surface area contributed by atoms with Crippen LogP contribution in [0.5, 0.6) is 5.75 Å². The Morgan fingerprint density at radius 3 is 2.47 bits per heavy atom. The van der Waals surface area contributed by atoms with E-state index in [2.05, 4.69) is 21.3 Å². The number of carbonyl (C=O) groups excluding carboxylic acids is 1. The molecule has 1 N–H and O–H groups in total. The number of hydrogen-bond donors (Lipinski definition) is 1. The molecule has 1 atom stereocenters. The maximum absolute atomic E-state index is 12.3. The number of likely N-dealkylation sites (tertiary alicyclic amines) is 1. The Bertz CT molecular complexity index is 978. The van der Waals surface area contributed by atoms with Gasteiger partial charge in [0.15, 0.2) is 9.84 Å². The van der Waals surface area contributed by atoms with E-state index in [1.807, 2.05) is 27.0 Å². The first-order valence-corrected chi connectivity index (χ1v) is 14.3. The summed E-state index contributed by atoms with van der Waals surface area (Å²) in [7, 11) is -3.00. The van der Waals surface area contributed by atoms with E-state index in [4.69, 9.17) is 9.47 Å². The van der Waals surface area contributed by atoms with Crippen LogP contribution in [0, 0.1) is 5.92 Å². The number of nitrogens with one attached hydrogen (secondary N) is 1. The number of amides is 1. The number of sulfone groups is 1. The number of hydrogen-bond acceptors (Lipinski definition) is 8. The van der Waals surface area contributed by atoms with Crippen LogP contribution < -0.4 is 15.0 Å². The lowest BCUT2D eigenvalue weighted by molar-refractivity contribution is 0.0123. The number of pyridine rings is 1. The summed E-state index contributed by atoms with van der Waals surface area (Å²) in [6.45, 7) is 8.76. The van der Waals surface area contributed by atoms with Crippen molar-refractivity contribution < 1.29 is 22.7 Å². The molecule has 1 unspecified atom stereocenters. The number of nitrogens with zero attached hydrogens (tertiary/aromatic N) is 3. The van der Waals surface area contributed by atoms with E-state index in [0.29, 0.717) is 19.0 Å². The first kappa shape index (κ1) is 25.0. The number of rotatable bonds is 5. The Labute approximate surface area is 203 Å². The van der Waals surface area contributed by atoms with Gasteiger partial charge in [-0.2, -0.15) is 0 Å². The van der Waals surface area contributed by atoms with E-state index < -0.39 is 15.4 Å². The van der Waals surface area contributed by atoms with Crippen LogP contribution in [0.25, 0.3) is 0 Å². The van der Waals surface area contributed by atoms with Crippen LogP contribution >= 0.6 is 0 Å². The highest BCUT2D eigenvalue weighted by atomic mass is 32.2. The number of anilines is 1. The normalized spacial score (nSPS) is 22.4. The molecule has 0 saturated carbocycles. The molecule has 0 spiro atoms. The summed E-state index contributed by atoms with van der Waals surface area (Å²) in [6.07, 6.45) is 7.46. The molecule has 2 saturated heterocycles. The van der Waals surface area contributed by atoms with Gasteiger partial charge in [-0.1, -0.05) is 0 Å². The molecule has 34 heavy (non-hydrogen) atoms. The Kier molecular flexibility index (Phi) is 7.28.